The van der Waals surface area contributed by atoms with Gasteiger partial charge >= 0.3 is 0 Å². The second-order valence-corrected chi connectivity index (χ2v) is 4.44. The number of hydroxylamine groups is 1. The largest absolute Gasteiger partial charge is 0.303 e. The van der Waals surface area contributed by atoms with Crippen molar-refractivity contribution in [1.29, 1.82) is 0 Å². The SMILES string of the molecule is ON1CCCCS1=S. The van der Waals surface area contributed by atoms with Gasteiger partial charge in [-0.3, -0.25) is 0 Å². The fraction of sp³-hybridized carbons (Fsp3) is 1.00. The van der Waals surface area contributed by atoms with Gasteiger partial charge in [0.15, 0.2) is 0 Å². The molecule has 8 heavy (non-hydrogen) atoms. The Balaban J connectivity index is 2.39. The standard InChI is InChI=1S/C4H9NOS2/c6-5-3-1-2-4-8(5)7/h6H,1-4H2. The maximum atomic E-state index is 8.92. The molecule has 1 rings (SSSR count). The van der Waals surface area contributed by atoms with E-state index in [1.807, 2.05) is 0 Å². The lowest BCUT2D eigenvalue weighted by Crippen LogP contribution is -2.28. The van der Waals surface area contributed by atoms with Crippen molar-refractivity contribution < 1.29 is 5.21 Å². The molecule has 1 saturated heterocycles. The van der Waals surface area contributed by atoms with E-state index in [0.29, 0.717) is 0 Å². The number of rotatable bonds is 0. The summed E-state index contributed by atoms with van der Waals surface area (Å²) in [7, 11) is -0.263. The van der Waals surface area contributed by atoms with Crippen molar-refractivity contribution in [1.82, 2.24) is 4.47 Å². The molecule has 1 unspecified atom stereocenters. The lowest BCUT2D eigenvalue weighted by molar-refractivity contribution is 0.00989. The zero-order valence-corrected chi connectivity index (χ0v) is 6.17. The summed E-state index contributed by atoms with van der Waals surface area (Å²) in [5, 5.41) is 8.92. The monoisotopic (exact) mass is 151 g/mol. The van der Waals surface area contributed by atoms with Crippen molar-refractivity contribution >= 4 is 20.8 Å². The van der Waals surface area contributed by atoms with Gasteiger partial charge in [-0.05, 0) is 33.7 Å². The minimum atomic E-state index is -0.263. The average molecular weight is 151 g/mol. The quantitative estimate of drug-likeness (QED) is 0.544. The van der Waals surface area contributed by atoms with Crippen LogP contribution in [0.2, 0.25) is 0 Å². The molecule has 0 aromatic heterocycles. The molecule has 0 bridgehead atoms. The predicted molar refractivity (Wildman–Crippen MR) is 37.3 cm³/mol. The van der Waals surface area contributed by atoms with E-state index in [-0.39, 0.29) is 9.64 Å². The maximum absolute atomic E-state index is 8.92. The van der Waals surface area contributed by atoms with Gasteiger partial charge in [0.05, 0.1) is 0 Å². The van der Waals surface area contributed by atoms with E-state index in [4.69, 9.17) is 16.4 Å². The van der Waals surface area contributed by atoms with E-state index in [2.05, 4.69) is 0 Å². The molecule has 1 aliphatic rings. The minimum absolute atomic E-state index is 0.263. The van der Waals surface area contributed by atoms with E-state index in [1.165, 1.54) is 10.9 Å². The molecule has 1 fully saturated rings. The Bertz CT molecular complexity index is 106. The van der Waals surface area contributed by atoms with Crippen LogP contribution < -0.4 is 0 Å². The fourth-order valence-corrected chi connectivity index (χ4v) is 2.25. The summed E-state index contributed by atoms with van der Waals surface area (Å²) in [6.07, 6.45) is 2.28. The first-order chi connectivity index (χ1) is 3.80. The van der Waals surface area contributed by atoms with Crippen LogP contribution in [-0.2, 0) is 20.8 Å². The van der Waals surface area contributed by atoms with Crippen molar-refractivity contribution in [2.45, 2.75) is 12.8 Å². The first-order valence-corrected chi connectivity index (χ1v) is 4.93. The summed E-state index contributed by atoms with van der Waals surface area (Å²) in [4.78, 5) is 0. The van der Waals surface area contributed by atoms with Gasteiger partial charge < -0.3 is 5.21 Å². The molecule has 0 aromatic rings. The van der Waals surface area contributed by atoms with Gasteiger partial charge in [-0.2, -0.15) is 0 Å². The molecule has 1 aliphatic heterocycles. The Kier molecular flexibility index (Phi) is 2.37. The lowest BCUT2D eigenvalue weighted by Gasteiger charge is -2.20. The Hall–Kier alpha value is 0.490. The van der Waals surface area contributed by atoms with E-state index in [1.54, 1.807) is 0 Å². The highest BCUT2D eigenvalue weighted by Crippen LogP contribution is 2.05. The van der Waals surface area contributed by atoms with Crippen LogP contribution in [0.5, 0.6) is 0 Å². The molecule has 2 nitrogen and oxygen atoms in total. The molecule has 0 radical (unpaired) electrons. The van der Waals surface area contributed by atoms with Gasteiger partial charge in [-0.15, -0.1) is 4.47 Å². The van der Waals surface area contributed by atoms with Gasteiger partial charge in [0, 0.05) is 12.3 Å². The Morgan fingerprint density at radius 1 is 1.50 bits per heavy atom. The van der Waals surface area contributed by atoms with Crippen molar-refractivity contribution in [3.05, 3.63) is 0 Å². The van der Waals surface area contributed by atoms with Crippen molar-refractivity contribution in [3.63, 3.8) is 0 Å². The van der Waals surface area contributed by atoms with E-state index in [0.717, 1.165) is 18.7 Å². The molecule has 1 atom stereocenters. The van der Waals surface area contributed by atoms with Crippen LogP contribution in [0.25, 0.3) is 0 Å². The molecular weight excluding hydrogens is 142 g/mol. The molecule has 0 aliphatic carbocycles. The zero-order chi connectivity index (χ0) is 5.98. The van der Waals surface area contributed by atoms with Crippen LogP contribution in [0.1, 0.15) is 12.8 Å². The van der Waals surface area contributed by atoms with Crippen LogP contribution >= 0.6 is 0 Å². The molecule has 1 N–H and O–H groups in total. The third-order valence-corrected chi connectivity index (χ3v) is 3.46. The molecule has 0 saturated carbocycles. The lowest BCUT2D eigenvalue weighted by atomic mass is 10.3. The van der Waals surface area contributed by atoms with Crippen molar-refractivity contribution in [3.8, 4) is 0 Å². The van der Waals surface area contributed by atoms with Crippen LogP contribution in [0.15, 0.2) is 0 Å². The Morgan fingerprint density at radius 3 is 2.62 bits per heavy atom. The van der Waals surface area contributed by atoms with Crippen LogP contribution in [0.4, 0.5) is 0 Å². The second kappa shape index (κ2) is 2.87. The summed E-state index contributed by atoms with van der Waals surface area (Å²) in [5.74, 6) is 0.992. The average Bonchev–Trinajstić information content (AvgIpc) is 1.77. The van der Waals surface area contributed by atoms with Gasteiger partial charge in [-0.1, -0.05) is 0 Å². The summed E-state index contributed by atoms with van der Waals surface area (Å²) in [6.45, 7) is 0.770. The maximum Gasteiger partial charge on any atom is 0.0357 e. The van der Waals surface area contributed by atoms with E-state index in [9.17, 15) is 0 Å². The van der Waals surface area contributed by atoms with Gasteiger partial charge in [-0.25, -0.2) is 0 Å². The highest BCUT2D eigenvalue weighted by molar-refractivity contribution is 8.27. The minimum Gasteiger partial charge on any atom is -0.303 e. The normalized spacial score (nSPS) is 32.9. The summed E-state index contributed by atoms with van der Waals surface area (Å²) in [6, 6.07) is 0. The summed E-state index contributed by atoms with van der Waals surface area (Å²) in [5.41, 5.74) is 0. The number of hydrogen-bond acceptors (Lipinski definition) is 2. The van der Waals surface area contributed by atoms with Gasteiger partial charge in [0.2, 0.25) is 0 Å². The predicted octanol–water partition coefficient (Wildman–Crippen LogP) is 0.467. The highest BCUT2D eigenvalue weighted by Gasteiger charge is 2.10. The van der Waals surface area contributed by atoms with Crippen LogP contribution in [0.3, 0.4) is 0 Å². The molecule has 0 spiro atoms. The number of hydrogen-bond donors (Lipinski definition) is 1. The summed E-state index contributed by atoms with van der Waals surface area (Å²) >= 11 is 4.92. The van der Waals surface area contributed by atoms with Crippen molar-refractivity contribution in [2.75, 3.05) is 12.3 Å². The van der Waals surface area contributed by atoms with Crippen LogP contribution in [-0.4, -0.2) is 22.0 Å². The molecule has 0 amide bonds. The second-order valence-electron chi connectivity index (χ2n) is 1.81. The molecule has 1 heterocycles. The molecule has 0 aromatic carbocycles. The topological polar surface area (TPSA) is 23.5 Å². The van der Waals surface area contributed by atoms with Gasteiger partial charge in [0.25, 0.3) is 0 Å². The smallest absolute Gasteiger partial charge is 0.0357 e. The molecule has 48 valence electrons. The van der Waals surface area contributed by atoms with E-state index < -0.39 is 0 Å². The van der Waals surface area contributed by atoms with Gasteiger partial charge in [0.1, 0.15) is 0 Å². The highest BCUT2D eigenvalue weighted by atomic mass is 32.8. The number of nitrogens with zero attached hydrogens (tertiary/aromatic N) is 1. The first kappa shape index (κ1) is 6.61. The third-order valence-electron chi connectivity index (χ3n) is 1.15. The molecule has 4 heteroatoms. The Morgan fingerprint density at radius 2 is 2.25 bits per heavy atom. The fourth-order valence-electron chi connectivity index (χ4n) is 0.680. The Labute approximate surface area is 56.2 Å². The van der Waals surface area contributed by atoms with Crippen molar-refractivity contribution in [2.24, 2.45) is 0 Å². The van der Waals surface area contributed by atoms with Crippen LogP contribution in [0, 0.1) is 0 Å². The van der Waals surface area contributed by atoms with E-state index >= 15 is 0 Å². The molecular formula is C4H9NOS2. The first-order valence-electron chi connectivity index (χ1n) is 2.65. The zero-order valence-electron chi connectivity index (χ0n) is 4.54. The summed E-state index contributed by atoms with van der Waals surface area (Å²) < 4.78 is 1.28. The third kappa shape index (κ3) is 1.48.